The highest BCUT2D eigenvalue weighted by molar-refractivity contribution is 4.93. The molecule has 2 unspecified atom stereocenters. The van der Waals surface area contributed by atoms with Gasteiger partial charge in [-0.3, -0.25) is 11.3 Å². The smallest absolute Gasteiger partial charge is 0.0773 e. The minimum absolute atomic E-state index is 0.0462. The van der Waals surface area contributed by atoms with Crippen molar-refractivity contribution < 1.29 is 4.74 Å². The molecule has 0 heterocycles. The van der Waals surface area contributed by atoms with Gasteiger partial charge >= 0.3 is 0 Å². The molecule has 0 saturated heterocycles. The van der Waals surface area contributed by atoms with E-state index in [1.165, 1.54) is 0 Å². The summed E-state index contributed by atoms with van der Waals surface area (Å²) in [5, 5.41) is 0. The number of hydrogen-bond donors (Lipinski definition) is 2. The van der Waals surface area contributed by atoms with E-state index in [0.29, 0.717) is 18.9 Å². The summed E-state index contributed by atoms with van der Waals surface area (Å²) in [6.45, 7) is 6.85. The number of ether oxygens (including phenoxy) is 1. The van der Waals surface area contributed by atoms with Gasteiger partial charge in [-0.2, -0.15) is 0 Å². The van der Waals surface area contributed by atoms with Gasteiger partial charge in [-0.05, 0) is 12.8 Å². The monoisotopic (exact) mass is 184 g/mol. The number of terminal acetylenes is 1. The molecular weight excluding hydrogens is 164 g/mol. The summed E-state index contributed by atoms with van der Waals surface area (Å²) in [6.07, 6.45) is 5.92. The second-order valence-corrected chi connectivity index (χ2v) is 3.35. The molecule has 0 aliphatic carbocycles. The fourth-order valence-corrected chi connectivity index (χ4v) is 1.36. The van der Waals surface area contributed by atoms with E-state index in [4.69, 9.17) is 17.0 Å². The first-order chi connectivity index (χ1) is 6.17. The van der Waals surface area contributed by atoms with Crippen LogP contribution in [0.2, 0.25) is 0 Å². The van der Waals surface area contributed by atoms with Gasteiger partial charge in [0.2, 0.25) is 0 Å². The van der Waals surface area contributed by atoms with Crippen molar-refractivity contribution in [3.05, 3.63) is 0 Å². The van der Waals surface area contributed by atoms with Crippen molar-refractivity contribution in [2.75, 3.05) is 6.61 Å². The van der Waals surface area contributed by atoms with E-state index < -0.39 is 0 Å². The van der Waals surface area contributed by atoms with E-state index in [2.05, 4.69) is 25.2 Å². The molecule has 0 aromatic heterocycles. The van der Waals surface area contributed by atoms with Crippen LogP contribution in [0, 0.1) is 18.3 Å². The molecule has 2 atom stereocenters. The summed E-state index contributed by atoms with van der Waals surface area (Å²) < 4.78 is 5.57. The van der Waals surface area contributed by atoms with Crippen molar-refractivity contribution in [2.45, 2.75) is 39.3 Å². The van der Waals surface area contributed by atoms with Gasteiger partial charge in [0, 0.05) is 13.0 Å². The van der Waals surface area contributed by atoms with Gasteiger partial charge in [0.25, 0.3) is 0 Å². The third kappa shape index (κ3) is 4.28. The quantitative estimate of drug-likeness (QED) is 0.366. The topological polar surface area (TPSA) is 47.3 Å². The minimum Gasteiger partial charge on any atom is -0.377 e. The van der Waals surface area contributed by atoms with Crippen molar-refractivity contribution in [2.24, 2.45) is 11.8 Å². The maximum Gasteiger partial charge on any atom is 0.0773 e. The summed E-state index contributed by atoms with van der Waals surface area (Å²) in [7, 11) is 0. The Hall–Kier alpha value is -0.560. The molecule has 0 saturated carbocycles. The molecule has 0 spiro atoms. The van der Waals surface area contributed by atoms with Crippen molar-refractivity contribution in [1.82, 2.24) is 5.43 Å². The molecule has 0 aromatic rings. The molecule has 0 aromatic carbocycles. The summed E-state index contributed by atoms with van der Waals surface area (Å²) >= 11 is 0. The number of nitrogens with two attached hydrogens (primary N) is 1. The molecule has 3 nitrogen and oxygen atoms in total. The first-order valence-corrected chi connectivity index (χ1v) is 4.68. The largest absolute Gasteiger partial charge is 0.377 e. The predicted molar refractivity (Wildman–Crippen MR) is 54.8 cm³/mol. The second-order valence-electron chi connectivity index (χ2n) is 3.35. The molecule has 0 rings (SSSR count). The summed E-state index contributed by atoms with van der Waals surface area (Å²) in [5.74, 6) is 8.40. The van der Waals surface area contributed by atoms with Crippen LogP contribution in [0.15, 0.2) is 0 Å². The molecule has 0 bridgehead atoms. The van der Waals surface area contributed by atoms with Gasteiger partial charge in [0.15, 0.2) is 0 Å². The third-order valence-electron chi connectivity index (χ3n) is 1.96. The van der Waals surface area contributed by atoms with Crippen molar-refractivity contribution in [3.63, 3.8) is 0 Å². The molecular formula is C10H20N2O. The van der Waals surface area contributed by atoms with Crippen LogP contribution in [0.5, 0.6) is 0 Å². The van der Waals surface area contributed by atoms with Crippen LogP contribution in [0.25, 0.3) is 0 Å². The lowest BCUT2D eigenvalue weighted by Gasteiger charge is -2.28. The van der Waals surface area contributed by atoms with Crippen molar-refractivity contribution >= 4 is 0 Å². The highest BCUT2D eigenvalue weighted by Gasteiger charge is 2.22. The molecule has 0 aliphatic heterocycles. The number of hydrazine groups is 1. The molecule has 0 fully saturated rings. The second kappa shape index (κ2) is 6.90. The highest BCUT2D eigenvalue weighted by atomic mass is 16.5. The summed E-state index contributed by atoms with van der Waals surface area (Å²) in [4.78, 5) is 0. The Balaban J connectivity index is 4.22. The Morgan fingerprint density at radius 2 is 2.15 bits per heavy atom. The molecule has 0 aliphatic rings. The Kier molecular flexibility index (Phi) is 6.61. The maximum absolute atomic E-state index is 5.57. The number of nitrogens with one attached hydrogen (secondary N) is 1. The highest BCUT2D eigenvalue weighted by Crippen LogP contribution is 2.12. The van der Waals surface area contributed by atoms with E-state index in [1.807, 2.05) is 6.92 Å². The van der Waals surface area contributed by atoms with Crippen LogP contribution >= 0.6 is 0 Å². The summed E-state index contributed by atoms with van der Waals surface area (Å²) in [6, 6.07) is 0.0462. The molecule has 0 radical (unpaired) electrons. The minimum atomic E-state index is 0.0462. The zero-order valence-corrected chi connectivity index (χ0v) is 8.71. The first-order valence-electron chi connectivity index (χ1n) is 4.68. The fraction of sp³-hybridized carbons (Fsp3) is 0.800. The van der Waals surface area contributed by atoms with E-state index >= 15 is 0 Å². The van der Waals surface area contributed by atoms with Crippen LogP contribution in [0.1, 0.15) is 27.2 Å². The van der Waals surface area contributed by atoms with Gasteiger partial charge < -0.3 is 4.74 Å². The van der Waals surface area contributed by atoms with Gasteiger partial charge in [-0.15, -0.1) is 12.3 Å². The number of rotatable bonds is 6. The van der Waals surface area contributed by atoms with Crippen LogP contribution in [0.4, 0.5) is 0 Å². The maximum atomic E-state index is 5.57. The van der Waals surface area contributed by atoms with Crippen molar-refractivity contribution in [3.8, 4) is 12.3 Å². The SMILES string of the molecule is C#CCC(NN)C(OCC)C(C)C. The fourth-order valence-electron chi connectivity index (χ4n) is 1.36. The molecule has 3 N–H and O–H groups in total. The standard InChI is InChI=1S/C10H20N2O/c1-5-7-9(12-11)10(8(3)4)13-6-2/h1,8-10,12H,6-7,11H2,2-4H3. The first kappa shape index (κ1) is 12.4. The lowest BCUT2D eigenvalue weighted by Crippen LogP contribution is -2.47. The van der Waals surface area contributed by atoms with E-state index in [-0.39, 0.29) is 12.1 Å². The Labute approximate surface area is 81.0 Å². The van der Waals surface area contributed by atoms with Crippen LogP contribution in [0.3, 0.4) is 0 Å². The zero-order valence-electron chi connectivity index (χ0n) is 8.71. The van der Waals surface area contributed by atoms with Crippen LogP contribution < -0.4 is 11.3 Å². The molecule has 3 heteroatoms. The average Bonchev–Trinajstić information content (AvgIpc) is 2.10. The predicted octanol–water partition coefficient (Wildman–Crippen LogP) is 0.903. The summed E-state index contributed by atoms with van der Waals surface area (Å²) in [5.41, 5.74) is 2.70. The number of hydrogen-bond acceptors (Lipinski definition) is 3. The van der Waals surface area contributed by atoms with E-state index in [1.54, 1.807) is 0 Å². The lowest BCUT2D eigenvalue weighted by atomic mass is 9.98. The van der Waals surface area contributed by atoms with E-state index in [0.717, 1.165) is 0 Å². The Morgan fingerprint density at radius 1 is 1.54 bits per heavy atom. The van der Waals surface area contributed by atoms with Crippen LogP contribution in [-0.2, 0) is 4.74 Å². The Bertz CT molecular complexity index is 163. The van der Waals surface area contributed by atoms with Gasteiger partial charge in [-0.25, -0.2) is 0 Å². The van der Waals surface area contributed by atoms with E-state index in [9.17, 15) is 0 Å². The van der Waals surface area contributed by atoms with Crippen LogP contribution in [-0.4, -0.2) is 18.8 Å². The zero-order chi connectivity index (χ0) is 10.3. The van der Waals surface area contributed by atoms with Gasteiger partial charge in [-0.1, -0.05) is 13.8 Å². The average molecular weight is 184 g/mol. The van der Waals surface area contributed by atoms with Gasteiger partial charge in [0.05, 0.1) is 12.1 Å². The molecule has 0 amide bonds. The third-order valence-corrected chi connectivity index (χ3v) is 1.96. The molecule has 76 valence electrons. The lowest BCUT2D eigenvalue weighted by molar-refractivity contribution is 0.00469. The Morgan fingerprint density at radius 3 is 2.46 bits per heavy atom. The van der Waals surface area contributed by atoms with Crippen molar-refractivity contribution in [1.29, 1.82) is 0 Å². The molecule has 13 heavy (non-hydrogen) atoms. The normalized spacial score (nSPS) is 15.4. The van der Waals surface area contributed by atoms with Gasteiger partial charge in [0.1, 0.15) is 0 Å².